The molecule has 2 aromatic rings. The summed E-state index contributed by atoms with van der Waals surface area (Å²) in [6.07, 6.45) is 0. The zero-order valence-corrected chi connectivity index (χ0v) is 10.5. The van der Waals surface area contributed by atoms with E-state index >= 15 is 0 Å². The fraction of sp³-hybridized carbons (Fsp3) is 0.286. The second-order valence-electron chi connectivity index (χ2n) is 4.26. The normalized spacial score (nSPS) is 20.5. The van der Waals surface area contributed by atoms with Crippen LogP contribution in [0.5, 0.6) is 0 Å². The molecule has 2 nitrogen and oxygen atoms in total. The second-order valence-corrected chi connectivity index (χ2v) is 5.24. The Hall–Kier alpha value is -1.32. The lowest BCUT2D eigenvalue weighted by molar-refractivity contribution is 0.495. The molecule has 0 aliphatic carbocycles. The van der Waals surface area contributed by atoms with Gasteiger partial charge in [0, 0.05) is 30.2 Å². The Morgan fingerprint density at radius 2 is 2.00 bits per heavy atom. The van der Waals surface area contributed by atoms with Crippen molar-refractivity contribution in [2.45, 2.75) is 6.04 Å². The summed E-state index contributed by atoms with van der Waals surface area (Å²) in [5.41, 5.74) is 1.33. The van der Waals surface area contributed by atoms with Gasteiger partial charge in [-0.2, -0.15) is 0 Å². The lowest BCUT2D eigenvalue weighted by atomic mass is 10.1. The first-order valence-electron chi connectivity index (χ1n) is 6.01. The lowest BCUT2D eigenvalue weighted by Gasteiger charge is -2.37. The number of anilines is 1. The summed E-state index contributed by atoms with van der Waals surface area (Å²) in [7, 11) is 0. The van der Waals surface area contributed by atoms with Crippen LogP contribution in [0.3, 0.4) is 0 Å². The maximum atomic E-state index is 3.49. The average Bonchev–Trinajstić information content (AvgIpc) is 2.94. The molecule has 2 heterocycles. The van der Waals surface area contributed by atoms with Crippen LogP contribution in [0.4, 0.5) is 5.69 Å². The van der Waals surface area contributed by atoms with Crippen molar-refractivity contribution < 1.29 is 0 Å². The molecule has 0 saturated carbocycles. The number of nitrogens with zero attached hydrogens (tertiary/aromatic N) is 1. The van der Waals surface area contributed by atoms with Crippen LogP contribution in [0.1, 0.15) is 10.9 Å². The third-order valence-electron chi connectivity index (χ3n) is 3.20. The maximum absolute atomic E-state index is 3.49. The number of nitrogens with one attached hydrogen (secondary N) is 1. The van der Waals surface area contributed by atoms with Crippen LogP contribution in [0, 0.1) is 0 Å². The van der Waals surface area contributed by atoms with Gasteiger partial charge in [0.15, 0.2) is 0 Å². The Morgan fingerprint density at radius 1 is 1.12 bits per heavy atom. The highest BCUT2D eigenvalue weighted by atomic mass is 32.1. The molecule has 88 valence electrons. The van der Waals surface area contributed by atoms with Crippen LogP contribution >= 0.6 is 11.3 Å². The van der Waals surface area contributed by atoms with Gasteiger partial charge in [-0.25, -0.2) is 0 Å². The Morgan fingerprint density at radius 3 is 2.76 bits per heavy atom. The topological polar surface area (TPSA) is 15.3 Å². The molecule has 1 saturated heterocycles. The lowest BCUT2D eigenvalue weighted by Crippen LogP contribution is -2.45. The van der Waals surface area contributed by atoms with Gasteiger partial charge in [-0.3, -0.25) is 0 Å². The van der Waals surface area contributed by atoms with Gasteiger partial charge in [0.05, 0.1) is 6.04 Å². The third kappa shape index (κ3) is 2.21. The van der Waals surface area contributed by atoms with Gasteiger partial charge in [-0.15, -0.1) is 11.3 Å². The fourth-order valence-electron chi connectivity index (χ4n) is 2.37. The van der Waals surface area contributed by atoms with Crippen LogP contribution in [0.2, 0.25) is 0 Å². The van der Waals surface area contributed by atoms with Crippen molar-refractivity contribution >= 4 is 17.0 Å². The Labute approximate surface area is 106 Å². The summed E-state index contributed by atoms with van der Waals surface area (Å²) in [4.78, 5) is 3.95. The van der Waals surface area contributed by atoms with E-state index in [1.54, 1.807) is 0 Å². The second kappa shape index (κ2) is 4.90. The first-order valence-corrected chi connectivity index (χ1v) is 6.89. The van der Waals surface area contributed by atoms with E-state index in [1.165, 1.54) is 10.6 Å². The fourth-order valence-corrected chi connectivity index (χ4v) is 3.21. The van der Waals surface area contributed by atoms with E-state index < -0.39 is 0 Å². The molecule has 0 radical (unpaired) electrons. The predicted molar refractivity (Wildman–Crippen MR) is 73.7 cm³/mol. The third-order valence-corrected chi connectivity index (χ3v) is 4.18. The molecule has 3 rings (SSSR count). The van der Waals surface area contributed by atoms with Crippen molar-refractivity contribution in [2.75, 3.05) is 24.5 Å². The number of hydrogen-bond donors (Lipinski definition) is 1. The highest BCUT2D eigenvalue weighted by Gasteiger charge is 2.24. The molecule has 1 aliphatic rings. The molecule has 17 heavy (non-hydrogen) atoms. The van der Waals surface area contributed by atoms with Crippen LogP contribution < -0.4 is 10.2 Å². The maximum Gasteiger partial charge on any atom is 0.0759 e. The van der Waals surface area contributed by atoms with E-state index in [2.05, 4.69) is 58.1 Å². The molecule has 0 amide bonds. The largest absolute Gasteiger partial charge is 0.361 e. The summed E-state index contributed by atoms with van der Waals surface area (Å²) in [6.45, 7) is 3.18. The molecule has 1 aromatic heterocycles. The first-order chi connectivity index (χ1) is 8.45. The monoisotopic (exact) mass is 244 g/mol. The van der Waals surface area contributed by atoms with Crippen LogP contribution in [0.15, 0.2) is 47.8 Å². The molecule has 1 atom stereocenters. The van der Waals surface area contributed by atoms with E-state index in [0.717, 1.165) is 19.6 Å². The van der Waals surface area contributed by atoms with Gasteiger partial charge in [0.25, 0.3) is 0 Å². The predicted octanol–water partition coefficient (Wildman–Crippen LogP) is 2.90. The Balaban J connectivity index is 1.91. The Bertz CT molecular complexity index is 452. The molecule has 0 spiro atoms. The molecule has 1 aliphatic heterocycles. The summed E-state index contributed by atoms with van der Waals surface area (Å²) in [5.74, 6) is 0. The number of benzene rings is 1. The van der Waals surface area contributed by atoms with Crippen LogP contribution in [-0.4, -0.2) is 19.6 Å². The van der Waals surface area contributed by atoms with Crippen molar-refractivity contribution in [3.63, 3.8) is 0 Å². The van der Waals surface area contributed by atoms with Crippen molar-refractivity contribution in [1.29, 1.82) is 0 Å². The van der Waals surface area contributed by atoms with Gasteiger partial charge in [-0.1, -0.05) is 24.3 Å². The van der Waals surface area contributed by atoms with E-state index in [9.17, 15) is 0 Å². The van der Waals surface area contributed by atoms with E-state index in [0.29, 0.717) is 6.04 Å². The molecule has 1 fully saturated rings. The van der Waals surface area contributed by atoms with E-state index in [-0.39, 0.29) is 0 Å². The van der Waals surface area contributed by atoms with Gasteiger partial charge in [0.2, 0.25) is 0 Å². The SMILES string of the molecule is c1ccc(N2CCNCC2c2cccs2)cc1. The van der Waals surface area contributed by atoms with Gasteiger partial charge >= 0.3 is 0 Å². The number of para-hydroxylation sites is 1. The Kier molecular flexibility index (Phi) is 3.12. The minimum absolute atomic E-state index is 0.478. The summed E-state index contributed by atoms with van der Waals surface area (Å²) >= 11 is 1.85. The smallest absolute Gasteiger partial charge is 0.0759 e. The van der Waals surface area contributed by atoms with E-state index in [4.69, 9.17) is 0 Å². The molecular weight excluding hydrogens is 228 g/mol. The molecule has 1 aromatic carbocycles. The summed E-state index contributed by atoms with van der Waals surface area (Å²) in [6, 6.07) is 15.6. The number of hydrogen-bond acceptors (Lipinski definition) is 3. The molecule has 3 heteroatoms. The first kappa shape index (κ1) is 10.8. The van der Waals surface area contributed by atoms with Gasteiger partial charge in [0.1, 0.15) is 0 Å². The van der Waals surface area contributed by atoms with Gasteiger partial charge in [-0.05, 0) is 23.6 Å². The van der Waals surface area contributed by atoms with Gasteiger partial charge < -0.3 is 10.2 Å². The standard InChI is InChI=1S/C14H16N2S/c1-2-5-12(6-3-1)16-9-8-15-11-13(16)14-7-4-10-17-14/h1-7,10,13,15H,8-9,11H2. The number of thiophene rings is 1. The summed E-state index contributed by atoms with van der Waals surface area (Å²) in [5, 5.41) is 5.65. The molecule has 1 N–H and O–H groups in total. The zero-order chi connectivity index (χ0) is 11.5. The quantitative estimate of drug-likeness (QED) is 0.874. The van der Waals surface area contributed by atoms with Crippen molar-refractivity contribution in [3.05, 3.63) is 52.7 Å². The van der Waals surface area contributed by atoms with Crippen molar-refractivity contribution in [1.82, 2.24) is 5.32 Å². The molecular formula is C14H16N2S. The zero-order valence-electron chi connectivity index (χ0n) is 9.67. The number of rotatable bonds is 2. The minimum Gasteiger partial charge on any atom is -0.361 e. The minimum atomic E-state index is 0.478. The van der Waals surface area contributed by atoms with Crippen molar-refractivity contribution in [2.24, 2.45) is 0 Å². The molecule has 1 unspecified atom stereocenters. The molecule has 0 bridgehead atoms. The van der Waals surface area contributed by atoms with Crippen LogP contribution in [0.25, 0.3) is 0 Å². The highest BCUT2D eigenvalue weighted by molar-refractivity contribution is 7.10. The highest BCUT2D eigenvalue weighted by Crippen LogP contribution is 2.30. The van der Waals surface area contributed by atoms with E-state index in [1.807, 2.05) is 11.3 Å². The van der Waals surface area contributed by atoms with Crippen LogP contribution in [-0.2, 0) is 0 Å². The summed E-state index contributed by atoms with van der Waals surface area (Å²) < 4.78 is 0. The average molecular weight is 244 g/mol. The van der Waals surface area contributed by atoms with Crippen molar-refractivity contribution in [3.8, 4) is 0 Å². The number of piperazine rings is 1.